The van der Waals surface area contributed by atoms with Gasteiger partial charge < -0.3 is 42.5 Å². The summed E-state index contributed by atoms with van der Waals surface area (Å²) in [5.41, 5.74) is 16.1. The smallest absolute Gasteiger partial charge is 0.407 e. The van der Waals surface area contributed by atoms with Crippen LogP contribution >= 0.6 is 0 Å². The first kappa shape index (κ1) is 40.5. The van der Waals surface area contributed by atoms with E-state index in [9.17, 15) is 28.8 Å². The number of primary amides is 2. The predicted molar refractivity (Wildman–Crippen MR) is 214 cm³/mol. The Bertz CT molecular complexity index is 2150. The third-order valence-corrected chi connectivity index (χ3v) is 11.4. The van der Waals surface area contributed by atoms with Gasteiger partial charge in [0.1, 0.15) is 30.3 Å². The summed E-state index contributed by atoms with van der Waals surface area (Å²) >= 11 is 0. The van der Waals surface area contributed by atoms with Gasteiger partial charge in [0.2, 0.25) is 29.5 Å². The molecule has 0 radical (unpaired) electrons. The number of carbonyl (C=O) groups excluding carboxylic acids is 6. The zero-order valence-corrected chi connectivity index (χ0v) is 32.6. The zero-order valence-electron chi connectivity index (χ0n) is 32.6. The molecule has 3 aromatic carbocycles. The lowest BCUT2D eigenvalue weighted by atomic mass is 9.78. The van der Waals surface area contributed by atoms with Crippen molar-refractivity contribution in [3.63, 3.8) is 0 Å². The summed E-state index contributed by atoms with van der Waals surface area (Å²) in [5, 5.41) is 12.0. The molecule has 4 aromatic rings. The van der Waals surface area contributed by atoms with E-state index in [-0.39, 0.29) is 31.3 Å². The predicted octanol–water partition coefficient (Wildman–Crippen LogP) is 3.45. The Kier molecular flexibility index (Phi) is 12.0. The van der Waals surface area contributed by atoms with Gasteiger partial charge in [0, 0.05) is 28.9 Å². The van der Waals surface area contributed by atoms with Crippen molar-refractivity contribution in [1.29, 1.82) is 0 Å². The van der Waals surface area contributed by atoms with Crippen molar-refractivity contribution in [2.45, 2.75) is 89.4 Å². The second-order valence-electron chi connectivity index (χ2n) is 15.5. The van der Waals surface area contributed by atoms with Crippen LogP contribution < -0.4 is 32.7 Å². The van der Waals surface area contributed by atoms with Crippen LogP contribution in [0.5, 0.6) is 0 Å². The van der Waals surface area contributed by atoms with Crippen molar-refractivity contribution in [3.8, 4) is 11.1 Å². The molecular weight excluding hydrogens is 727 g/mol. The van der Waals surface area contributed by atoms with Gasteiger partial charge in [-0.05, 0) is 58.6 Å². The summed E-state index contributed by atoms with van der Waals surface area (Å²) in [5.74, 6) is -4.79. The van der Waals surface area contributed by atoms with Crippen LogP contribution in [0.15, 0.2) is 72.8 Å². The molecule has 0 aliphatic heterocycles. The maximum absolute atomic E-state index is 14.7. The van der Waals surface area contributed by atoms with E-state index in [2.05, 4.69) is 26.3 Å². The van der Waals surface area contributed by atoms with Gasteiger partial charge in [-0.25, -0.2) is 4.79 Å². The Morgan fingerprint density at radius 2 is 1.46 bits per heavy atom. The first-order valence-corrected chi connectivity index (χ1v) is 19.4. The van der Waals surface area contributed by atoms with Crippen LogP contribution in [0.4, 0.5) is 4.79 Å². The van der Waals surface area contributed by atoms with Crippen LogP contribution in [0.3, 0.4) is 0 Å². The van der Waals surface area contributed by atoms with Crippen molar-refractivity contribution in [3.05, 3.63) is 95.2 Å². The second-order valence-corrected chi connectivity index (χ2v) is 15.5. The van der Waals surface area contributed by atoms with E-state index >= 15 is 0 Å². The molecule has 300 valence electrons. The molecule has 1 aromatic heterocycles. The van der Waals surface area contributed by atoms with Gasteiger partial charge in [0.05, 0.1) is 6.42 Å². The first-order valence-electron chi connectivity index (χ1n) is 19.4. The van der Waals surface area contributed by atoms with Gasteiger partial charge in [-0.3, -0.25) is 24.0 Å². The largest absolute Gasteiger partial charge is 0.449 e. The first-order chi connectivity index (χ1) is 27.2. The van der Waals surface area contributed by atoms with Crippen LogP contribution in [0.2, 0.25) is 0 Å². The standard InChI is InChI=1S/C43H51N7O7/c1-5-24(4)37(49-42(56)57-22-31-27-14-8-6-12-25(27)26-13-7-9-15-28(26)31)40(54)50-43(19-18-33-30(21-43)29-16-10-11-17-32(29)46-33)41(55)48-36(23(2)3)39(53)47-34(38(45)52)20-35(44)51/h6-17,23-24,31,34,36-37,46H,5,18-22H2,1-4H3,(H2,44,51)(H2,45,52)(H,47,53)(H,48,55)(H,49,56)(H,50,54)/t24-,34-,36-,37-,43-/m0/s1. The van der Waals surface area contributed by atoms with Crippen LogP contribution in [0.1, 0.15) is 75.3 Å². The molecule has 0 unspecified atom stereocenters. The second kappa shape index (κ2) is 16.9. The molecule has 0 spiro atoms. The molecule has 6 rings (SSSR count). The highest BCUT2D eigenvalue weighted by molar-refractivity contribution is 5.99. The van der Waals surface area contributed by atoms with Crippen LogP contribution in [-0.2, 0) is 41.6 Å². The van der Waals surface area contributed by atoms with Gasteiger partial charge in [0.15, 0.2) is 0 Å². The third kappa shape index (κ3) is 8.49. The summed E-state index contributed by atoms with van der Waals surface area (Å²) in [7, 11) is 0. The van der Waals surface area contributed by atoms with Crippen molar-refractivity contribution < 1.29 is 33.5 Å². The van der Waals surface area contributed by atoms with Gasteiger partial charge in [-0.1, -0.05) is 101 Å². The van der Waals surface area contributed by atoms with E-state index in [1.807, 2.05) is 86.6 Å². The third-order valence-electron chi connectivity index (χ3n) is 11.4. The molecule has 9 N–H and O–H groups in total. The lowest BCUT2D eigenvalue weighted by Gasteiger charge is -2.39. The number of hydrogen-bond acceptors (Lipinski definition) is 7. The molecule has 2 aliphatic carbocycles. The summed E-state index contributed by atoms with van der Waals surface area (Å²) in [6.45, 7) is 7.20. The maximum atomic E-state index is 14.7. The minimum absolute atomic E-state index is 0.0547. The normalized spacial score (nSPS) is 17.9. The fraction of sp³-hybridized carbons (Fsp3) is 0.395. The number of para-hydroxylation sites is 1. The molecule has 2 aliphatic rings. The number of aromatic amines is 1. The zero-order chi connectivity index (χ0) is 41.0. The Hall–Kier alpha value is -6.18. The molecule has 0 fully saturated rings. The Balaban J connectivity index is 1.25. The molecule has 14 nitrogen and oxygen atoms in total. The maximum Gasteiger partial charge on any atom is 0.407 e. The monoisotopic (exact) mass is 777 g/mol. The van der Waals surface area contributed by atoms with Crippen LogP contribution in [0.25, 0.3) is 22.0 Å². The van der Waals surface area contributed by atoms with Crippen molar-refractivity contribution in [2.75, 3.05) is 6.61 Å². The number of aromatic nitrogens is 1. The van der Waals surface area contributed by atoms with Crippen molar-refractivity contribution in [2.24, 2.45) is 23.3 Å². The number of ether oxygens (including phenoxy) is 1. The molecule has 0 bridgehead atoms. The number of hydrogen-bond donors (Lipinski definition) is 7. The van der Waals surface area contributed by atoms with Crippen LogP contribution in [-0.4, -0.2) is 70.9 Å². The van der Waals surface area contributed by atoms with Gasteiger partial charge in [0.25, 0.3) is 0 Å². The van der Waals surface area contributed by atoms with Gasteiger partial charge in [-0.2, -0.15) is 0 Å². The molecule has 1 heterocycles. The molecule has 0 saturated heterocycles. The van der Waals surface area contributed by atoms with E-state index in [4.69, 9.17) is 16.2 Å². The molecular formula is C43H51N7O7. The molecule has 14 heteroatoms. The number of carbonyl (C=O) groups is 6. The quantitative estimate of drug-likeness (QED) is 0.0951. The van der Waals surface area contributed by atoms with E-state index in [0.717, 1.165) is 44.4 Å². The Morgan fingerprint density at radius 3 is 2.07 bits per heavy atom. The van der Waals surface area contributed by atoms with Gasteiger partial charge in [-0.15, -0.1) is 0 Å². The lowest BCUT2D eigenvalue weighted by Crippen LogP contribution is -2.67. The molecule has 5 atom stereocenters. The van der Waals surface area contributed by atoms with Gasteiger partial charge >= 0.3 is 6.09 Å². The van der Waals surface area contributed by atoms with E-state index < -0.39 is 71.6 Å². The number of nitrogens with two attached hydrogens (primary N) is 2. The topological polar surface area (TPSA) is 228 Å². The van der Waals surface area contributed by atoms with E-state index in [1.165, 1.54) is 0 Å². The fourth-order valence-corrected chi connectivity index (χ4v) is 8.04. The van der Waals surface area contributed by atoms with Crippen molar-refractivity contribution >= 4 is 46.5 Å². The molecule has 57 heavy (non-hydrogen) atoms. The van der Waals surface area contributed by atoms with E-state index in [1.54, 1.807) is 13.8 Å². The Labute approximate surface area is 331 Å². The van der Waals surface area contributed by atoms with Crippen LogP contribution in [0, 0.1) is 11.8 Å². The number of aryl methyl sites for hydroxylation is 1. The number of nitrogens with one attached hydrogen (secondary N) is 5. The number of H-pyrrole nitrogens is 1. The number of fused-ring (bicyclic) bond motifs is 6. The minimum Gasteiger partial charge on any atom is -0.449 e. The highest BCUT2D eigenvalue weighted by Gasteiger charge is 2.47. The average Bonchev–Trinajstić information content (AvgIpc) is 3.72. The summed E-state index contributed by atoms with van der Waals surface area (Å²) in [6, 6.07) is 20.0. The highest BCUT2D eigenvalue weighted by Crippen LogP contribution is 2.44. The number of benzene rings is 3. The molecule has 6 amide bonds. The fourth-order valence-electron chi connectivity index (χ4n) is 8.04. The summed E-state index contributed by atoms with van der Waals surface area (Å²) in [4.78, 5) is 83.4. The number of rotatable bonds is 15. The van der Waals surface area contributed by atoms with E-state index in [0.29, 0.717) is 12.8 Å². The number of alkyl carbamates (subject to hydrolysis) is 1. The average molecular weight is 778 g/mol. The summed E-state index contributed by atoms with van der Waals surface area (Å²) in [6.07, 6.45) is -0.116. The summed E-state index contributed by atoms with van der Waals surface area (Å²) < 4.78 is 5.82. The number of amides is 6. The van der Waals surface area contributed by atoms with Crippen molar-refractivity contribution in [1.82, 2.24) is 26.3 Å². The SMILES string of the molecule is CC[C@H](C)[C@H](NC(=O)OCC1c2ccccc2-c2ccccc21)C(=O)N[C@@]1(C(=O)N[C@H](C(=O)N[C@@H](CC(N)=O)C(N)=O)C(C)C)CCc2[nH]c3ccccc3c2C1. The lowest BCUT2D eigenvalue weighted by molar-refractivity contribution is -0.138. The Morgan fingerprint density at radius 1 is 0.825 bits per heavy atom. The highest BCUT2D eigenvalue weighted by atomic mass is 16.5. The minimum atomic E-state index is -1.56. The molecule has 0 saturated carbocycles.